The topological polar surface area (TPSA) is 54.3 Å². The predicted molar refractivity (Wildman–Crippen MR) is 91.6 cm³/mol. The molecule has 0 aliphatic carbocycles. The first kappa shape index (κ1) is 17.8. The van der Waals surface area contributed by atoms with Gasteiger partial charge in [0, 0.05) is 42.8 Å². The van der Waals surface area contributed by atoms with Crippen molar-refractivity contribution in [3.63, 3.8) is 0 Å². The fourth-order valence-electron chi connectivity index (χ4n) is 3.00. The van der Waals surface area contributed by atoms with Gasteiger partial charge in [-0.15, -0.1) is 12.3 Å². The molecule has 7 heteroatoms. The molecule has 132 valence electrons. The molecule has 5 nitrogen and oxygen atoms in total. The summed E-state index contributed by atoms with van der Waals surface area (Å²) in [6, 6.07) is 4.51. The van der Waals surface area contributed by atoms with Gasteiger partial charge in [0.15, 0.2) is 5.66 Å². The minimum Gasteiger partial charge on any atom is -0.370 e. The first-order valence-corrected chi connectivity index (χ1v) is 8.63. The number of ether oxygens (including phenoxy) is 1. The Morgan fingerprint density at radius 3 is 2.96 bits per heavy atom. The van der Waals surface area contributed by atoms with Crippen LogP contribution in [0.1, 0.15) is 37.4 Å². The number of hydrogen-bond donors (Lipinski definition) is 0. The van der Waals surface area contributed by atoms with Gasteiger partial charge < -0.3 is 9.64 Å². The van der Waals surface area contributed by atoms with E-state index in [2.05, 4.69) is 16.1 Å². The maximum Gasteiger partial charge on any atom is 0.222 e. The van der Waals surface area contributed by atoms with Crippen molar-refractivity contribution < 1.29 is 13.9 Å². The van der Waals surface area contributed by atoms with Gasteiger partial charge >= 0.3 is 0 Å². The van der Waals surface area contributed by atoms with Crippen molar-refractivity contribution in [2.75, 3.05) is 19.7 Å². The van der Waals surface area contributed by atoms with Crippen molar-refractivity contribution in [3.05, 3.63) is 34.6 Å². The maximum absolute atomic E-state index is 14.1. The molecule has 1 aromatic rings. The first-order valence-electron chi connectivity index (χ1n) is 8.25. The van der Waals surface area contributed by atoms with E-state index in [1.54, 1.807) is 17.0 Å². The number of carbonyl (C=O) groups is 1. The van der Waals surface area contributed by atoms with Crippen molar-refractivity contribution in [2.24, 2.45) is 10.2 Å². The van der Waals surface area contributed by atoms with E-state index >= 15 is 0 Å². The lowest BCUT2D eigenvalue weighted by Gasteiger charge is -2.34. The second kappa shape index (κ2) is 7.51. The van der Waals surface area contributed by atoms with Crippen molar-refractivity contribution in [1.29, 1.82) is 0 Å². The standard InChI is InChI=1S/C18H19ClFN3O2/c1-2-3-8-18(21-22-18)9-7-16(24)23-10-11-25-15(12-23)17-13(19)5-4-6-14(17)20/h1,4-6,15H,3,7-12H2. The lowest BCUT2D eigenvalue weighted by Crippen LogP contribution is -2.42. The number of morpholine rings is 1. The van der Waals surface area contributed by atoms with E-state index in [9.17, 15) is 9.18 Å². The highest BCUT2D eigenvalue weighted by molar-refractivity contribution is 6.31. The normalized spacial score (nSPS) is 21.0. The van der Waals surface area contributed by atoms with Gasteiger partial charge in [-0.1, -0.05) is 17.7 Å². The van der Waals surface area contributed by atoms with Crippen molar-refractivity contribution in [1.82, 2.24) is 4.90 Å². The third kappa shape index (κ3) is 4.17. The van der Waals surface area contributed by atoms with Crippen molar-refractivity contribution in [3.8, 4) is 12.3 Å². The van der Waals surface area contributed by atoms with Crippen molar-refractivity contribution >= 4 is 17.5 Å². The molecule has 2 aliphatic rings. The molecular weight excluding hydrogens is 345 g/mol. The summed E-state index contributed by atoms with van der Waals surface area (Å²) < 4.78 is 19.7. The Labute approximate surface area is 151 Å². The number of terminal acetylenes is 1. The summed E-state index contributed by atoms with van der Waals surface area (Å²) >= 11 is 6.10. The van der Waals surface area contributed by atoms with Gasteiger partial charge in [-0.05, 0) is 12.1 Å². The van der Waals surface area contributed by atoms with Crippen LogP contribution in [0.15, 0.2) is 28.4 Å². The highest BCUT2D eigenvalue weighted by Crippen LogP contribution is 2.38. The van der Waals surface area contributed by atoms with Crippen LogP contribution in [-0.2, 0) is 9.53 Å². The molecule has 2 heterocycles. The molecular formula is C18H19ClFN3O2. The molecule has 0 spiro atoms. The Balaban J connectivity index is 1.58. The Hall–Kier alpha value is -1.97. The summed E-state index contributed by atoms with van der Waals surface area (Å²) in [5.41, 5.74) is -0.165. The third-order valence-corrected chi connectivity index (χ3v) is 4.86. The number of halogens is 2. The smallest absolute Gasteiger partial charge is 0.222 e. The molecule has 3 rings (SSSR count). The summed E-state index contributed by atoms with van der Waals surface area (Å²) in [6.45, 7) is 1.11. The van der Waals surface area contributed by atoms with Crippen LogP contribution in [0.4, 0.5) is 4.39 Å². The van der Waals surface area contributed by atoms with Crippen LogP contribution >= 0.6 is 11.6 Å². The van der Waals surface area contributed by atoms with E-state index in [0.29, 0.717) is 49.4 Å². The largest absolute Gasteiger partial charge is 0.370 e. The van der Waals surface area contributed by atoms with E-state index in [4.69, 9.17) is 22.8 Å². The zero-order chi connectivity index (χ0) is 17.9. The Morgan fingerprint density at radius 1 is 1.48 bits per heavy atom. The number of rotatable bonds is 6. The summed E-state index contributed by atoms with van der Waals surface area (Å²) in [5, 5.41) is 8.39. The Kier molecular flexibility index (Phi) is 5.36. The second-order valence-electron chi connectivity index (χ2n) is 6.22. The lowest BCUT2D eigenvalue weighted by molar-refractivity contribution is -0.139. The quantitative estimate of drug-likeness (QED) is 0.723. The van der Waals surface area contributed by atoms with Crippen LogP contribution in [0.5, 0.6) is 0 Å². The minimum absolute atomic E-state index is 0.0156. The average molecular weight is 364 g/mol. The molecule has 0 aromatic heterocycles. The van der Waals surface area contributed by atoms with E-state index in [-0.39, 0.29) is 12.5 Å². The molecule has 0 bridgehead atoms. The fourth-order valence-corrected chi connectivity index (χ4v) is 3.29. The fraction of sp³-hybridized carbons (Fsp3) is 0.500. The second-order valence-corrected chi connectivity index (χ2v) is 6.63. The molecule has 0 radical (unpaired) electrons. The zero-order valence-electron chi connectivity index (χ0n) is 13.8. The molecule has 1 atom stereocenters. The molecule has 1 amide bonds. The minimum atomic E-state index is -0.558. The average Bonchev–Trinajstić information content (AvgIpc) is 3.38. The highest BCUT2D eigenvalue weighted by atomic mass is 35.5. The van der Waals surface area contributed by atoms with Crippen LogP contribution in [0.3, 0.4) is 0 Å². The first-order chi connectivity index (χ1) is 12.0. The van der Waals surface area contributed by atoms with Gasteiger partial charge in [-0.3, -0.25) is 4.79 Å². The summed E-state index contributed by atoms with van der Waals surface area (Å²) in [7, 11) is 0. The highest BCUT2D eigenvalue weighted by Gasteiger charge is 2.40. The van der Waals surface area contributed by atoms with Gasteiger partial charge in [-0.25, -0.2) is 4.39 Å². The SMILES string of the molecule is C#CCCC1(CCC(=O)N2CCOC(c3c(F)cccc3Cl)C2)N=N1. The predicted octanol–water partition coefficient (Wildman–Crippen LogP) is 3.73. The number of nitrogens with zero attached hydrogens (tertiary/aromatic N) is 3. The summed E-state index contributed by atoms with van der Waals surface area (Å²) in [6.07, 6.45) is 6.85. The summed E-state index contributed by atoms with van der Waals surface area (Å²) in [5.74, 6) is 2.13. The van der Waals surface area contributed by atoms with E-state index < -0.39 is 17.6 Å². The molecule has 1 saturated heterocycles. The van der Waals surface area contributed by atoms with Crippen LogP contribution < -0.4 is 0 Å². The van der Waals surface area contributed by atoms with Crippen LogP contribution in [0.2, 0.25) is 5.02 Å². The monoisotopic (exact) mass is 363 g/mol. The van der Waals surface area contributed by atoms with Crippen molar-refractivity contribution in [2.45, 2.75) is 37.5 Å². The van der Waals surface area contributed by atoms with Gasteiger partial charge in [0.25, 0.3) is 0 Å². The molecule has 1 aromatic carbocycles. The molecule has 0 saturated carbocycles. The van der Waals surface area contributed by atoms with E-state index in [0.717, 1.165) is 0 Å². The van der Waals surface area contributed by atoms with E-state index in [1.807, 2.05) is 0 Å². The number of hydrogen-bond acceptors (Lipinski definition) is 4. The van der Waals surface area contributed by atoms with Crippen LogP contribution in [0, 0.1) is 18.2 Å². The molecule has 1 unspecified atom stereocenters. The molecule has 0 N–H and O–H groups in total. The molecule has 25 heavy (non-hydrogen) atoms. The number of carbonyl (C=O) groups excluding carboxylic acids is 1. The Morgan fingerprint density at radius 2 is 2.28 bits per heavy atom. The van der Waals surface area contributed by atoms with Gasteiger partial charge in [0.05, 0.1) is 13.2 Å². The van der Waals surface area contributed by atoms with Crippen LogP contribution in [-0.4, -0.2) is 36.2 Å². The summed E-state index contributed by atoms with van der Waals surface area (Å²) in [4.78, 5) is 14.2. The third-order valence-electron chi connectivity index (χ3n) is 4.53. The van der Waals surface area contributed by atoms with Gasteiger partial charge in [-0.2, -0.15) is 10.2 Å². The van der Waals surface area contributed by atoms with Gasteiger partial charge in [0.1, 0.15) is 11.9 Å². The maximum atomic E-state index is 14.1. The Bertz CT molecular complexity index is 705. The molecule has 1 fully saturated rings. The van der Waals surface area contributed by atoms with Crippen LogP contribution in [0.25, 0.3) is 0 Å². The number of benzene rings is 1. The zero-order valence-corrected chi connectivity index (χ0v) is 14.5. The lowest BCUT2D eigenvalue weighted by atomic mass is 10.0. The van der Waals surface area contributed by atoms with E-state index in [1.165, 1.54) is 6.07 Å². The number of amides is 1. The van der Waals surface area contributed by atoms with Gasteiger partial charge in [0.2, 0.25) is 5.91 Å². The molecule has 2 aliphatic heterocycles.